The molecule has 0 fully saturated rings. The molecule has 0 radical (unpaired) electrons. The first-order chi connectivity index (χ1) is 12.0. The van der Waals surface area contributed by atoms with Crippen LogP contribution in [0, 0.1) is 0 Å². The monoisotopic (exact) mass is 337 g/mol. The number of hydrogen-bond acceptors (Lipinski definition) is 5. The number of amides is 1. The smallest absolute Gasteiger partial charge is 0.336 e. The van der Waals surface area contributed by atoms with Crippen molar-refractivity contribution in [3.05, 3.63) is 70.6 Å². The zero-order chi connectivity index (χ0) is 17.8. The van der Waals surface area contributed by atoms with Crippen LogP contribution in [0.1, 0.15) is 17.3 Å². The van der Waals surface area contributed by atoms with Crippen molar-refractivity contribution in [2.45, 2.75) is 6.92 Å². The molecule has 1 heterocycles. The van der Waals surface area contributed by atoms with E-state index in [1.807, 2.05) is 0 Å². The molecular weight excluding hydrogens is 322 g/mol. The lowest BCUT2D eigenvalue weighted by atomic mass is 10.1. The highest BCUT2D eigenvalue weighted by Crippen LogP contribution is 2.20. The molecule has 0 aliphatic heterocycles. The van der Waals surface area contributed by atoms with Crippen LogP contribution in [0.2, 0.25) is 0 Å². The Balaban J connectivity index is 1.67. The molecule has 25 heavy (non-hydrogen) atoms. The highest BCUT2D eigenvalue weighted by atomic mass is 16.5. The number of carbonyl (C=O) groups is 2. The number of rotatable bonds is 5. The number of ketones is 1. The highest BCUT2D eigenvalue weighted by molar-refractivity contribution is 5.98. The summed E-state index contributed by atoms with van der Waals surface area (Å²) in [6, 6.07) is 14.6. The fourth-order valence-electron chi connectivity index (χ4n) is 2.31. The van der Waals surface area contributed by atoms with Crippen LogP contribution in [0.5, 0.6) is 5.75 Å². The van der Waals surface area contributed by atoms with E-state index >= 15 is 0 Å². The molecule has 6 nitrogen and oxygen atoms in total. The Hall–Kier alpha value is -3.41. The van der Waals surface area contributed by atoms with Crippen LogP contribution in [0.15, 0.2) is 63.8 Å². The van der Waals surface area contributed by atoms with Crippen LogP contribution < -0.4 is 15.7 Å². The Morgan fingerprint density at radius 2 is 1.76 bits per heavy atom. The molecule has 0 aliphatic rings. The number of Topliss-reactive ketones (excluding diaryl/α,β-unsaturated/α-hetero) is 1. The molecule has 0 saturated carbocycles. The maximum absolute atomic E-state index is 12.2. The van der Waals surface area contributed by atoms with Crippen molar-refractivity contribution in [3.63, 3.8) is 0 Å². The summed E-state index contributed by atoms with van der Waals surface area (Å²) in [5, 5.41) is 3.40. The van der Waals surface area contributed by atoms with Gasteiger partial charge >= 0.3 is 5.63 Å². The lowest BCUT2D eigenvalue weighted by molar-refractivity contribution is -0.114. The van der Waals surface area contributed by atoms with Gasteiger partial charge in [-0.3, -0.25) is 9.59 Å². The first-order valence-corrected chi connectivity index (χ1v) is 7.59. The first-order valence-electron chi connectivity index (χ1n) is 7.59. The van der Waals surface area contributed by atoms with Gasteiger partial charge < -0.3 is 14.5 Å². The van der Waals surface area contributed by atoms with Crippen molar-refractivity contribution in [1.82, 2.24) is 0 Å². The number of nitrogens with one attached hydrogen (secondary N) is 1. The van der Waals surface area contributed by atoms with Crippen molar-refractivity contribution in [2.24, 2.45) is 0 Å². The third-order valence-electron chi connectivity index (χ3n) is 3.49. The molecule has 126 valence electrons. The van der Waals surface area contributed by atoms with E-state index in [0.29, 0.717) is 22.6 Å². The predicted octanol–water partition coefficient (Wildman–Crippen LogP) is 3.01. The summed E-state index contributed by atoms with van der Waals surface area (Å²) in [4.78, 5) is 34.4. The number of carbonyl (C=O) groups excluding carboxylic acids is 2. The van der Waals surface area contributed by atoms with Gasteiger partial charge in [-0.15, -0.1) is 0 Å². The predicted molar refractivity (Wildman–Crippen MR) is 93.1 cm³/mol. The van der Waals surface area contributed by atoms with Gasteiger partial charge in [-0.05, 0) is 42.5 Å². The van der Waals surface area contributed by atoms with Gasteiger partial charge in [0.15, 0.2) is 12.4 Å². The molecule has 2 aromatic carbocycles. The summed E-state index contributed by atoms with van der Waals surface area (Å²) in [5.41, 5.74) is 1.05. The Bertz CT molecular complexity index is 989. The standard InChI is InChI=1S/C19H15NO5/c1-12(21)20-15-6-2-13(3-7-15)17(22)11-24-16-8-4-14-5-9-19(23)25-18(14)10-16/h2-10H,11H2,1H3,(H,20,21). The second-order valence-corrected chi connectivity index (χ2v) is 5.42. The molecule has 3 rings (SSSR count). The molecule has 0 spiro atoms. The molecule has 1 amide bonds. The summed E-state index contributed by atoms with van der Waals surface area (Å²) < 4.78 is 10.6. The Morgan fingerprint density at radius 3 is 2.48 bits per heavy atom. The van der Waals surface area contributed by atoms with Crippen LogP contribution >= 0.6 is 0 Å². The summed E-state index contributed by atoms with van der Waals surface area (Å²) in [6.07, 6.45) is 0. The van der Waals surface area contributed by atoms with E-state index in [2.05, 4.69) is 5.32 Å². The fraction of sp³-hybridized carbons (Fsp3) is 0.105. The lowest BCUT2D eigenvalue weighted by Crippen LogP contribution is -2.12. The van der Waals surface area contributed by atoms with Crippen molar-refractivity contribution in [1.29, 1.82) is 0 Å². The minimum absolute atomic E-state index is 0.151. The van der Waals surface area contributed by atoms with Gasteiger partial charge in [0.2, 0.25) is 5.91 Å². The second kappa shape index (κ2) is 7.00. The molecule has 0 aliphatic carbocycles. The molecule has 6 heteroatoms. The van der Waals surface area contributed by atoms with Crippen LogP contribution in [-0.4, -0.2) is 18.3 Å². The number of hydrogen-bond donors (Lipinski definition) is 1. The quantitative estimate of drug-likeness (QED) is 0.571. The summed E-state index contributed by atoms with van der Waals surface area (Å²) in [6.45, 7) is 1.26. The van der Waals surface area contributed by atoms with E-state index in [4.69, 9.17) is 9.15 Å². The van der Waals surface area contributed by atoms with Gasteiger partial charge in [0, 0.05) is 35.7 Å². The fourth-order valence-corrected chi connectivity index (χ4v) is 2.31. The minimum Gasteiger partial charge on any atom is -0.485 e. The van der Waals surface area contributed by atoms with E-state index in [9.17, 15) is 14.4 Å². The SMILES string of the molecule is CC(=O)Nc1ccc(C(=O)COc2ccc3ccc(=O)oc3c2)cc1. The minimum atomic E-state index is -0.444. The van der Waals surface area contributed by atoms with Crippen molar-refractivity contribution in [2.75, 3.05) is 11.9 Å². The average molecular weight is 337 g/mol. The summed E-state index contributed by atoms with van der Waals surface area (Å²) in [7, 11) is 0. The molecule has 1 aromatic heterocycles. The van der Waals surface area contributed by atoms with Gasteiger partial charge in [0.05, 0.1) is 0 Å². The van der Waals surface area contributed by atoms with Crippen molar-refractivity contribution in [3.8, 4) is 5.75 Å². The largest absolute Gasteiger partial charge is 0.485 e. The first kappa shape index (κ1) is 16.4. The number of fused-ring (bicyclic) bond motifs is 1. The maximum atomic E-state index is 12.2. The van der Waals surface area contributed by atoms with E-state index in [0.717, 1.165) is 5.39 Å². The Kier molecular flexibility index (Phi) is 4.61. The molecule has 0 saturated heterocycles. The van der Waals surface area contributed by atoms with E-state index in [-0.39, 0.29) is 18.3 Å². The lowest BCUT2D eigenvalue weighted by Gasteiger charge is -2.07. The Labute approximate surface area is 143 Å². The number of ether oxygens (including phenoxy) is 1. The van der Waals surface area contributed by atoms with Crippen molar-refractivity contribution < 1.29 is 18.7 Å². The van der Waals surface area contributed by atoms with Gasteiger partial charge in [-0.2, -0.15) is 0 Å². The van der Waals surface area contributed by atoms with Gasteiger partial charge in [-0.1, -0.05) is 0 Å². The van der Waals surface area contributed by atoms with Crippen LogP contribution in [-0.2, 0) is 4.79 Å². The zero-order valence-electron chi connectivity index (χ0n) is 13.4. The van der Waals surface area contributed by atoms with Crippen molar-refractivity contribution >= 4 is 28.3 Å². The maximum Gasteiger partial charge on any atom is 0.336 e. The summed E-state index contributed by atoms with van der Waals surface area (Å²) >= 11 is 0. The molecular formula is C19H15NO5. The molecule has 0 bridgehead atoms. The van der Waals surface area contributed by atoms with Gasteiger partial charge in [-0.25, -0.2) is 4.79 Å². The molecule has 0 atom stereocenters. The molecule has 0 unspecified atom stereocenters. The average Bonchev–Trinajstić information content (AvgIpc) is 2.59. The number of benzene rings is 2. The van der Waals surface area contributed by atoms with E-state index < -0.39 is 5.63 Å². The Morgan fingerprint density at radius 1 is 1.04 bits per heavy atom. The third kappa shape index (κ3) is 4.11. The van der Waals surface area contributed by atoms with Crippen LogP contribution in [0.4, 0.5) is 5.69 Å². The topological polar surface area (TPSA) is 85.6 Å². The van der Waals surface area contributed by atoms with Crippen LogP contribution in [0.3, 0.4) is 0 Å². The second-order valence-electron chi connectivity index (χ2n) is 5.42. The molecule has 1 N–H and O–H groups in total. The molecule has 3 aromatic rings. The van der Waals surface area contributed by atoms with Crippen LogP contribution in [0.25, 0.3) is 11.0 Å². The normalized spacial score (nSPS) is 10.4. The zero-order valence-corrected chi connectivity index (χ0v) is 13.4. The van der Waals surface area contributed by atoms with E-state index in [1.54, 1.807) is 48.5 Å². The third-order valence-corrected chi connectivity index (χ3v) is 3.49. The van der Waals surface area contributed by atoms with Gasteiger partial charge in [0.1, 0.15) is 11.3 Å². The highest BCUT2D eigenvalue weighted by Gasteiger charge is 2.08. The van der Waals surface area contributed by atoms with E-state index in [1.165, 1.54) is 13.0 Å². The van der Waals surface area contributed by atoms with Gasteiger partial charge in [0.25, 0.3) is 0 Å². The number of anilines is 1. The summed E-state index contributed by atoms with van der Waals surface area (Å²) in [5.74, 6) is 0.0550.